The molecule has 0 saturated carbocycles. The van der Waals surface area contributed by atoms with Crippen LogP contribution in [0, 0.1) is 0 Å². The third-order valence-electron chi connectivity index (χ3n) is 4.93. The average Bonchev–Trinajstić information content (AvgIpc) is 2.98. The highest BCUT2D eigenvalue weighted by Gasteiger charge is 2.20. The molecule has 0 spiro atoms. The fourth-order valence-electron chi connectivity index (χ4n) is 3.40. The lowest BCUT2D eigenvalue weighted by molar-refractivity contribution is -0.130. The summed E-state index contributed by atoms with van der Waals surface area (Å²) in [6, 6.07) is 10.2. The van der Waals surface area contributed by atoms with Gasteiger partial charge in [0.05, 0.1) is 18.1 Å². The maximum Gasteiger partial charge on any atom is 0.242 e. The third kappa shape index (κ3) is 5.41. The number of fused-ring (bicyclic) bond motifs is 1. The van der Waals surface area contributed by atoms with E-state index >= 15 is 0 Å². The van der Waals surface area contributed by atoms with Gasteiger partial charge in [-0.3, -0.25) is 9.79 Å². The van der Waals surface area contributed by atoms with Crippen molar-refractivity contribution in [3.63, 3.8) is 0 Å². The quantitative estimate of drug-likeness (QED) is 0.387. The van der Waals surface area contributed by atoms with E-state index < -0.39 is 0 Å². The van der Waals surface area contributed by atoms with E-state index in [2.05, 4.69) is 28.5 Å². The van der Waals surface area contributed by atoms with Crippen LogP contribution < -0.4 is 5.32 Å². The summed E-state index contributed by atoms with van der Waals surface area (Å²) in [7, 11) is 5.62. The van der Waals surface area contributed by atoms with Gasteiger partial charge in [-0.15, -0.1) is 24.0 Å². The molecule has 2 aromatic rings. The van der Waals surface area contributed by atoms with Gasteiger partial charge < -0.3 is 19.7 Å². The van der Waals surface area contributed by atoms with Crippen LogP contribution in [0.25, 0.3) is 0 Å². The molecule has 8 heteroatoms. The van der Waals surface area contributed by atoms with E-state index in [-0.39, 0.29) is 36.4 Å². The molecule has 1 N–H and O–H groups in total. The van der Waals surface area contributed by atoms with Gasteiger partial charge in [-0.05, 0) is 23.6 Å². The fraction of sp³-hybridized carbons (Fsp3) is 0.400. The van der Waals surface area contributed by atoms with Crippen LogP contribution >= 0.6 is 35.6 Å². The summed E-state index contributed by atoms with van der Waals surface area (Å²) in [6.07, 6.45) is 2.78. The number of aliphatic imine (C=N–C) groups is 1. The van der Waals surface area contributed by atoms with Gasteiger partial charge in [-0.25, -0.2) is 0 Å². The monoisotopic (exact) mass is 515 g/mol. The highest BCUT2D eigenvalue weighted by Crippen LogP contribution is 2.18. The van der Waals surface area contributed by atoms with Gasteiger partial charge in [0.25, 0.3) is 0 Å². The highest BCUT2D eigenvalue weighted by molar-refractivity contribution is 14.0. The Bertz CT molecular complexity index is 851. The Morgan fingerprint density at radius 1 is 1.32 bits per heavy atom. The summed E-state index contributed by atoms with van der Waals surface area (Å²) >= 11 is 6.05. The first-order valence-electron chi connectivity index (χ1n) is 9.05. The molecule has 0 saturated heterocycles. The molecule has 0 aliphatic carbocycles. The lowest BCUT2D eigenvalue weighted by atomic mass is 10.00. The zero-order valence-corrected chi connectivity index (χ0v) is 19.6. The molecule has 1 amide bonds. The molecule has 1 aliphatic rings. The van der Waals surface area contributed by atoms with E-state index in [4.69, 9.17) is 11.6 Å². The van der Waals surface area contributed by atoms with Crippen molar-refractivity contribution >= 4 is 47.4 Å². The van der Waals surface area contributed by atoms with Gasteiger partial charge in [0.2, 0.25) is 5.91 Å². The van der Waals surface area contributed by atoms with E-state index in [9.17, 15) is 4.79 Å². The zero-order valence-electron chi connectivity index (χ0n) is 16.5. The summed E-state index contributed by atoms with van der Waals surface area (Å²) in [5.41, 5.74) is 3.65. The van der Waals surface area contributed by atoms with E-state index in [0.717, 1.165) is 18.7 Å². The molecule has 6 nitrogen and oxygen atoms in total. The Labute approximate surface area is 188 Å². The number of hydrogen-bond acceptors (Lipinski definition) is 2. The predicted molar refractivity (Wildman–Crippen MR) is 124 cm³/mol. The van der Waals surface area contributed by atoms with Crippen molar-refractivity contribution in [3.8, 4) is 0 Å². The molecule has 0 fully saturated rings. The lowest BCUT2D eigenvalue weighted by Crippen LogP contribution is -2.46. The Morgan fingerprint density at radius 2 is 2.04 bits per heavy atom. The Hall–Kier alpha value is -1.74. The smallest absolute Gasteiger partial charge is 0.242 e. The maximum atomic E-state index is 12.6. The van der Waals surface area contributed by atoms with Crippen molar-refractivity contribution in [1.29, 1.82) is 0 Å². The highest BCUT2D eigenvalue weighted by atomic mass is 127. The van der Waals surface area contributed by atoms with Gasteiger partial charge in [-0.2, -0.15) is 0 Å². The lowest BCUT2D eigenvalue weighted by Gasteiger charge is -2.29. The van der Waals surface area contributed by atoms with Gasteiger partial charge in [0.15, 0.2) is 5.96 Å². The summed E-state index contributed by atoms with van der Waals surface area (Å²) in [4.78, 5) is 20.8. The summed E-state index contributed by atoms with van der Waals surface area (Å²) in [5, 5.41) is 3.89. The number of nitrogens with zero attached hydrogens (tertiary/aromatic N) is 4. The predicted octanol–water partition coefficient (Wildman–Crippen LogP) is 2.89. The van der Waals surface area contributed by atoms with Gasteiger partial charge in [-0.1, -0.05) is 35.9 Å². The normalized spacial score (nSPS) is 13.6. The first-order chi connectivity index (χ1) is 13.0. The van der Waals surface area contributed by atoms with Crippen molar-refractivity contribution in [3.05, 3.63) is 58.4 Å². The third-order valence-corrected chi connectivity index (χ3v) is 5.13. The number of carbonyl (C=O) groups is 1. The number of aromatic nitrogens is 1. The molecule has 1 aliphatic heterocycles. The Morgan fingerprint density at radius 3 is 2.68 bits per heavy atom. The maximum absolute atomic E-state index is 12.6. The van der Waals surface area contributed by atoms with Crippen LogP contribution in [0.4, 0.5) is 0 Å². The van der Waals surface area contributed by atoms with Gasteiger partial charge >= 0.3 is 0 Å². The second kappa shape index (κ2) is 10.2. The molecule has 152 valence electrons. The molecule has 0 radical (unpaired) electrons. The van der Waals surface area contributed by atoms with Crippen LogP contribution in [0.1, 0.15) is 16.8 Å². The Kier molecular flexibility index (Phi) is 8.18. The van der Waals surface area contributed by atoms with Gasteiger partial charge in [0, 0.05) is 46.1 Å². The van der Waals surface area contributed by atoms with Crippen molar-refractivity contribution in [2.45, 2.75) is 19.5 Å². The first kappa shape index (κ1) is 22.5. The molecule has 3 rings (SSSR count). The van der Waals surface area contributed by atoms with Crippen molar-refractivity contribution in [1.82, 2.24) is 19.7 Å². The average molecular weight is 516 g/mol. The molecule has 1 aromatic carbocycles. The van der Waals surface area contributed by atoms with E-state index in [1.165, 1.54) is 11.1 Å². The van der Waals surface area contributed by atoms with Crippen LogP contribution in [-0.2, 0) is 31.4 Å². The van der Waals surface area contributed by atoms with Crippen LogP contribution in [0.15, 0.2) is 41.5 Å². The number of guanidine groups is 1. The second-order valence-corrected chi connectivity index (χ2v) is 7.29. The molecular formula is C20H27ClIN5O. The SMILES string of the molecule is CN=C(NCC(=O)N1CCc2ccccc2C1)N(C)Cc1cc(Cl)cn1C.I. The largest absolute Gasteiger partial charge is 0.351 e. The zero-order chi connectivity index (χ0) is 19.4. The van der Waals surface area contributed by atoms with Crippen LogP contribution in [0.5, 0.6) is 0 Å². The van der Waals surface area contributed by atoms with Crippen LogP contribution in [-0.4, -0.2) is 53.4 Å². The molecular weight excluding hydrogens is 489 g/mol. The van der Waals surface area contributed by atoms with Crippen LogP contribution in [0.2, 0.25) is 5.02 Å². The molecule has 0 atom stereocenters. The molecule has 0 unspecified atom stereocenters. The van der Waals surface area contributed by atoms with Crippen molar-refractivity contribution < 1.29 is 4.79 Å². The van der Waals surface area contributed by atoms with Gasteiger partial charge in [0.1, 0.15) is 0 Å². The molecule has 1 aromatic heterocycles. The number of nitrogens with one attached hydrogen (secondary N) is 1. The molecule has 28 heavy (non-hydrogen) atoms. The summed E-state index contributed by atoms with van der Waals surface area (Å²) in [5.74, 6) is 0.763. The number of benzene rings is 1. The number of aryl methyl sites for hydroxylation is 1. The van der Waals surface area contributed by atoms with Crippen molar-refractivity contribution in [2.24, 2.45) is 12.0 Å². The van der Waals surface area contributed by atoms with E-state index in [1.807, 2.05) is 46.8 Å². The fourth-order valence-corrected chi connectivity index (χ4v) is 3.67. The van der Waals surface area contributed by atoms with Crippen molar-refractivity contribution in [2.75, 3.05) is 27.2 Å². The minimum absolute atomic E-state index is 0. The van der Waals surface area contributed by atoms with E-state index in [1.54, 1.807) is 7.05 Å². The summed E-state index contributed by atoms with van der Waals surface area (Å²) in [6.45, 7) is 2.31. The number of carbonyl (C=O) groups excluding carboxylic acids is 1. The minimum Gasteiger partial charge on any atom is -0.351 e. The first-order valence-corrected chi connectivity index (χ1v) is 9.43. The summed E-state index contributed by atoms with van der Waals surface area (Å²) < 4.78 is 1.99. The minimum atomic E-state index is 0. The number of amides is 1. The van der Waals surface area contributed by atoms with Crippen LogP contribution in [0.3, 0.4) is 0 Å². The second-order valence-electron chi connectivity index (χ2n) is 6.85. The number of halogens is 2. The molecule has 2 heterocycles. The van der Waals surface area contributed by atoms with E-state index in [0.29, 0.717) is 24.1 Å². The molecule has 0 bridgehead atoms. The topological polar surface area (TPSA) is 52.9 Å². The standard InChI is InChI=1S/C20H26ClN5O.HI/c1-22-20(25(3)14-18-10-17(21)13-24(18)2)23-11-19(27)26-9-8-15-6-4-5-7-16(15)12-26;/h4-7,10,13H,8-9,11-12,14H2,1-3H3,(H,22,23);1H. The number of hydrogen-bond donors (Lipinski definition) is 1. The number of rotatable bonds is 4. The Balaban J connectivity index is 0.00000280.